The molecule has 0 bridgehead atoms. The number of allylic oxidation sites excluding steroid dienone is 2. The molecule has 5 heteroatoms. The first-order valence-corrected chi connectivity index (χ1v) is 6.67. The van der Waals surface area contributed by atoms with Gasteiger partial charge in [-0.25, -0.2) is 0 Å². The lowest BCUT2D eigenvalue weighted by Gasteiger charge is -2.17. The third-order valence-electron chi connectivity index (χ3n) is 3.19. The molecular weight excluding hydrogens is 284 g/mol. The molecule has 0 aliphatic heterocycles. The van der Waals surface area contributed by atoms with Crippen LogP contribution in [0.2, 0.25) is 0 Å². The Morgan fingerprint density at radius 3 is 2.00 bits per heavy atom. The summed E-state index contributed by atoms with van der Waals surface area (Å²) in [4.78, 5) is 23.6. The van der Waals surface area contributed by atoms with Crippen LogP contribution in [0.25, 0.3) is 6.08 Å². The van der Waals surface area contributed by atoms with Crippen molar-refractivity contribution >= 4 is 18.0 Å². The van der Waals surface area contributed by atoms with E-state index in [4.69, 9.17) is 4.74 Å². The largest absolute Gasteiger partial charge is 0.497 e. The van der Waals surface area contributed by atoms with Gasteiger partial charge in [-0.1, -0.05) is 30.4 Å². The second-order valence-electron chi connectivity index (χ2n) is 4.47. The maximum absolute atomic E-state index is 11.8. The molecule has 0 heterocycles. The lowest BCUT2D eigenvalue weighted by atomic mass is 9.91. The van der Waals surface area contributed by atoms with Crippen LogP contribution in [0.4, 0.5) is 0 Å². The van der Waals surface area contributed by atoms with Gasteiger partial charge in [0.15, 0.2) is 5.92 Å². The SMILES string of the molecule is C=CC(/C=C/c1ccc(OC)cc1)C(C(=O)OC)C(=O)OC. The fourth-order valence-electron chi connectivity index (χ4n) is 1.93. The molecule has 0 aromatic heterocycles. The molecule has 0 saturated carbocycles. The lowest BCUT2D eigenvalue weighted by molar-refractivity contribution is -0.159. The Morgan fingerprint density at radius 2 is 1.59 bits per heavy atom. The number of carbonyl (C=O) groups is 2. The summed E-state index contributed by atoms with van der Waals surface area (Å²) in [6.45, 7) is 3.67. The highest BCUT2D eigenvalue weighted by molar-refractivity contribution is 5.95. The number of benzene rings is 1. The molecule has 5 nitrogen and oxygen atoms in total. The fraction of sp³-hybridized carbons (Fsp3) is 0.294. The third-order valence-corrected chi connectivity index (χ3v) is 3.19. The van der Waals surface area contributed by atoms with Crippen LogP contribution in [0.5, 0.6) is 5.75 Å². The average molecular weight is 304 g/mol. The minimum absolute atomic E-state index is 0.526. The first kappa shape index (κ1) is 17.5. The summed E-state index contributed by atoms with van der Waals surface area (Å²) in [7, 11) is 4.05. The molecule has 0 saturated heterocycles. The van der Waals surface area contributed by atoms with E-state index in [2.05, 4.69) is 16.1 Å². The van der Waals surface area contributed by atoms with Gasteiger partial charge < -0.3 is 14.2 Å². The molecule has 1 atom stereocenters. The zero-order valence-electron chi connectivity index (χ0n) is 12.9. The molecule has 0 spiro atoms. The number of rotatable bonds is 7. The molecule has 22 heavy (non-hydrogen) atoms. The van der Waals surface area contributed by atoms with Gasteiger partial charge in [-0.15, -0.1) is 6.58 Å². The normalized spacial score (nSPS) is 12.0. The van der Waals surface area contributed by atoms with Gasteiger partial charge in [0.05, 0.1) is 21.3 Å². The maximum atomic E-state index is 11.8. The van der Waals surface area contributed by atoms with Gasteiger partial charge in [0.25, 0.3) is 0 Å². The summed E-state index contributed by atoms with van der Waals surface area (Å²) < 4.78 is 14.4. The van der Waals surface area contributed by atoms with Gasteiger partial charge >= 0.3 is 11.9 Å². The lowest BCUT2D eigenvalue weighted by Crippen LogP contribution is -2.31. The van der Waals surface area contributed by atoms with Crippen LogP contribution in [0.3, 0.4) is 0 Å². The first-order valence-electron chi connectivity index (χ1n) is 6.67. The quantitative estimate of drug-likeness (QED) is 0.440. The van der Waals surface area contributed by atoms with E-state index in [-0.39, 0.29) is 0 Å². The van der Waals surface area contributed by atoms with Crippen molar-refractivity contribution in [2.75, 3.05) is 21.3 Å². The molecule has 1 rings (SSSR count). The number of esters is 2. The molecule has 0 aliphatic carbocycles. The average Bonchev–Trinajstić information content (AvgIpc) is 2.57. The van der Waals surface area contributed by atoms with Gasteiger partial charge in [-0.05, 0) is 17.7 Å². The molecule has 0 aliphatic rings. The highest BCUT2D eigenvalue weighted by atomic mass is 16.5. The van der Waals surface area contributed by atoms with E-state index in [1.54, 1.807) is 19.3 Å². The Hall–Kier alpha value is -2.56. The number of carbonyl (C=O) groups excluding carboxylic acids is 2. The number of methoxy groups -OCH3 is 3. The second-order valence-corrected chi connectivity index (χ2v) is 4.47. The van der Waals surface area contributed by atoms with Crippen molar-refractivity contribution in [2.45, 2.75) is 0 Å². The van der Waals surface area contributed by atoms with E-state index < -0.39 is 23.8 Å². The summed E-state index contributed by atoms with van der Waals surface area (Å²) in [5.41, 5.74) is 0.904. The zero-order chi connectivity index (χ0) is 16.5. The van der Waals surface area contributed by atoms with Crippen molar-refractivity contribution in [3.05, 3.63) is 48.6 Å². The highest BCUT2D eigenvalue weighted by Gasteiger charge is 2.33. The second kappa shape index (κ2) is 8.67. The Kier molecular flexibility index (Phi) is 6.89. The van der Waals surface area contributed by atoms with Gasteiger partial charge in [0, 0.05) is 5.92 Å². The van der Waals surface area contributed by atoms with Crippen molar-refractivity contribution in [2.24, 2.45) is 11.8 Å². The zero-order valence-corrected chi connectivity index (χ0v) is 12.9. The van der Waals surface area contributed by atoms with Crippen molar-refractivity contribution in [3.63, 3.8) is 0 Å². The van der Waals surface area contributed by atoms with Crippen molar-refractivity contribution in [3.8, 4) is 5.75 Å². The number of hydrogen-bond acceptors (Lipinski definition) is 5. The van der Waals surface area contributed by atoms with Gasteiger partial charge in [0.2, 0.25) is 0 Å². The predicted molar refractivity (Wildman–Crippen MR) is 83.2 cm³/mol. The summed E-state index contributed by atoms with van der Waals surface area (Å²) >= 11 is 0. The number of hydrogen-bond donors (Lipinski definition) is 0. The van der Waals surface area contributed by atoms with Crippen LogP contribution in [0, 0.1) is 11.8 Å². The topological polar surface area (TPSA) is 61.8 Å². The maximum Gasteiger partial charge on any atom is 0.320 e. The van der Waals surface area contributed by atoms with E-state index in [1.165, 1.54) is 20.3 Å². The minimum atomic E-state index is -1.07. The summed E-state index contributed by atoms with van der Waals surface area (Å²) in [6, 6.07) is 7.36. The van der Waals surface area contributed by atoms with Crippen LogP contribution in [0.15, 0.2) is 43.0 Å². The predicted octanol–water partition coefficient (Wildman–Crippen LogP) is 2.47. The molecule has 1 aromatic rings. The van der Waals surface area contributed by atoms with Crippen LogP contribution in [0.1, 0.15) is 5.56 Å². The van der Waals surface area contributed by atoms with E-state index >= 15 is 0 Å². The first-order chi connectivity index (χ1) is 10.6. The van der Waals surface area contributed by atoms with E-state index in [0.717, 1.165) is 11.3 Å². The van der Waals surface area contributed by atoms with E-state index in [1.807, 2.05) is 24.3 Å². The molecule has 1 aromatic carbocycles. The van der Waals surface area contributed by atoms with E-state index in [9.17, 15) is 9.59 Å². The molecule has 0 amide bonds. The molecule has 0 radical (unpaired) electrons. The highest BCUT2D eigenvalue weighted by Crippen LogP contribution is 2.20. The fourth-order valence-corrected chi connectivity index (χ4v) is 1.93. The van der Waals surface area contributed by atoms with Gasteiger partial charge in [-0.3, -0.25) is 9.59 Å². The van der Waals surface area contributed by atoms with Crippen molar-refractivity contribution < 1.29 is 23.8 Å². The Labute approximate surface area is 130 Å². The molecule has 0 N–H and O–H groups in total. The molecular formula is C17H20O5. The molecule has 1 unspecified atom stereocenters. The van der Waals surface area contributed by atoms with Gasteiger partial charge in [-0.2, -0.15) is 0 Å². The standard InChI is InChI=1S/C17H20O5/c1-5-13(15(16(18)21-3)17(19)22-4)9-6-12-7-10-14(20-2)11-8-12/h5-11,13,15H,1H2,2-4H3/b9-6+. The van der Waals surface area contributed by atoms with Crippen LogP contribution >= 0.6 is 0 Å². The number of ether oxygens (including phenoxy) is 3. The monoisotopic (exact) mass is 304 g/mol. The van der Waals surface area contributed by atoms with Crippen LogP contribution in [-0.4, -0.2) is 33.3 Å². The smallest absolute Gasteiger partial charge is 0.320 e. The van der Waals surface area contributed by atoms with Crippen LogP contribution in [-0.2, 0) is 19.1 Å². The van der Waals surface area contributed by atoms with Crippen LogP contribution < -0.4 is 4.74 Å². The Balaban J connectivity index is 2.96. The summed E-state index contributed by atoms with van der Waals surface area (Å²) in [5.74, 6) is -2.16. The van der Waals surface area contributed by atoms with Gasteiger partial charge in [0.1, 0.15) is 5.75 Å². The Morgan fingerprint density at radius 1 is 1.05 bits per heavy atom. The van der Waals surface area contributed by atoms with Crippen molar-refractivity contribution in [1.29, 1.82) is 0 Å². The molecule has 0 fully saturated rings. The molecule has 118 valence electrons. The van der Waals surface area contributed by atoms with E-state index in [0.29, 0.717) is 0 Å². The third kappa shape index (κ3) is 4.48. The minimum Gasteiger partial charge on any atom is -0.497 e. The van der Waals surface area contributed by atoms with Crippen molar-refractivity contribution in [1.82, 2.24) is 0 Å². The summed E-state index contributed by atoms with van der Waals surface area (Å²) in [5, 5.41) is 0. The Bertz CT molecular complexity index is 529. The summed E-state index contributed by atoms with van der Waals surface area (Å²) in [6.07, 6.45) is 5.02.